The minimum atomic E-state index is 0.174. The van der Waals surface area contributed by atoms with Crippen molar-refractivity contribution < 1.29 is 0 Å². The molecule has 0 unspecified atom stereocenters. The van der Waals surface area contributed by atoms with Gasteiger partial charge in [0.05, 0.1) is 0 Å². The van der Waals surface area contributed by atoms with Crippen molar-refractivity contribution in [2.75, 3.05) is 6.54 Å². The fraction of sp³-hybridized carbons (Fsp3) is 0.500. The summed E-state index contributed by atoms with van der Waals surface area (Å²) in [6, 6.07) is 5.65. The number of benzene rings is 1. The van der Waals surface area contributed by atoms with Gasteiger partial charge in [0.2, 0.25) is 0 Å². The SMILES string of the molecule is CC(=CCCNC(C)(C)C)Cc1c(Cl)cccc1Cl. The Bertz CT molecular complexity index is 424. The van der Waals surface area contributed by atoms with Crippen molar-refractivity contribution in [1.29, 1.82) is 0 Å². The van der Waals surface area contributed by atoms with Crippen molar-refractivity contribution in [3.63, 3.8) is 0 Å². The molecule has 1 rings (SSSR count). The van der Waals surface area contributed by atoms with Crippen LogP contribution in [0.5, 0.6) is 0 Å². The average Bonchev–Trinajstić information content (AvgIpc) is 2.28. The van der Waals surface area contributed by atoms with Gasteiger partial charge in [0.25, 0.3) is 0 Å². The summed E-state index contributed by atoms with van der Waals surface area (Å²) < 4.78 is 0. The van der Waals surface area contributed by atoms with E-state index in [1.165, 1.54) is 5.57 Å². The summed E-state index contributed by atoms with van der Waals surface area (Å²) in [5.74, 6) is 0. The lowest BCUT2D eigenvalue weighted by molar-refractivity contribution is 0.431. The molecule has 19 heavy (non-hydrogen) atoms. The summed E-state index contributed by atoms with van der Waals surface area (Å²) in [7, 11) is 0. The molecular formula is C16H23Cl2N. The smallest absolute Gasteiger partial charge is 0.0456 e. The standard InChI is InChI=1S/C16H23Cl2N/c1-12(7-6-10-19-16(2,3)4)11-13-14(17)8-5-9-15(13)18/h5,7-9,19H,6,10-11H2,1-4H3. The van der Waals surface area contributed by atoms with Gasteiger partial charge in [-0.05, 0) is 64.8 Å². The van der Waals surface area contributed by atoms with Crippen LogP contribution >= 0.6 is 23.2 Å². The van der Waals surface area contributed by atoms with E-state index in [4.69, 9.17) is 23.2 Å². The van der Waals surface area contributed by atoms with Gasteiger partial charge >= 0.3 is 0 Å². The minimum Gasteiger partial charge on any atom is -0.312 e. The van der Waals surface area contributed by atoms with E-state index in [9.17, 15) is 0 Å². The van der Waals surface area contributed by atoms with E-state index in [1.54, 1.807) is 0 Å². The zero-order valence-corrected chi connectivity index (χ0v) is 13.7. The van der Waals surface area contributed by atoms with Gasteiger partial charge < -0.3 is 5.32 Å². The number of nitrogens with one attached hydrogen (secondary N) is 1. The molecule has 0 aliphatic heterocycles. The molecule has 0 aromatic heterocycles. The largest absolute Gasteiger partial charge is 0.312 e. The highest BCUT2D eigenvalue weighted by molar-refractivity contribution is 6.36. The van der Waals surface area contributed by atoms with E-state index in [0.29, 0.717) is 0 Å². The lowest BCUT2D eigenvalue weighted by atomic mass is 10.0. The highest BCUT2D eigenvalue weighted by atomic mass is 35.5. The third kappa shape index (κ3) is 6.47. The molecule has 1 nitrogen and oxygen atoms in total. The van der Waals surface area contributed by atoms with Crippen molar-refractivity contribution in [2.24, 2.45) is 0 Å². The molecule has 0 spiro atoms. The van der Waals surface area contributed by atoms with Crippen LogP contribution in [0.15, 0.2) is 29.8 Å². The fourth-order valence-corrected chi connectivity index (χ4v) is 2.35. The van der Waals surface area contributed by atoms with Gasteiger partial charge in [-0.15, -0.1) is 0 Å². The van der Waals surface area contributed by atoms with Gasteiger partial charge in [-0.2, -0.15) is 0 Å². The van der Waals surface area contributed by atoms with Gasteiger partial charge in [0, 0.05) is 15.6 Å². The second-order valence-corrected chi connectivity index (χ2v) is 6.71. The lowest BCUT2D eigenvalue weighted by Crippen LogP contribution is -2.36. The Kier molecular flexibility index (Phi) is 6.38. The second kappa shape index (κ2) is 7.33. The molecule has 106 valence electrons. The summed E-state index contributed by atoms with van der Waals surface area (Å²) in [6.45, 7) is 9.63. The van der Waals surface area contributed by atoms with E-state index in [0.717, 1.165) is 35.0 Å². The average molecular weight is 300 g/mol. The predicted molar refractivity (Wildman–Crippen MR) is 86.3 cm³/mol. The first-order valence-electron chi connectivity index (χ1n) is 6.63. The first-order valence-corrected chi connectivity index (χ1v) is 7.39. The fourth-order valence-electron chi connectivity index (χ4n) is 1.82. The third-order valence-electron chi connectivity index (χ3n) is 2.81. The van der Waals surface area contributed by atoms with Crippen molar-refractivity contribution in [2.45, 2.75) is 46.1 Å². The number of hydrogen-bond acceptors (Lipinski definition) is 1. The molecule has 1 aromatic carbocycles. The molecule has 0 saturated heterocycles. The van der Waals surface area contributed by atoms with E-state index in [-0.39, 0.29) is 5.54 Å². The molecule has 0 atom stereocenters. The predicted octanol–water partition coefficient (Wildman–Crippen LogP) is 5.26. The van der Waals surface area contributed by atoms with Gasteiger partial charge in [-0.25, -0.2) is 0 Å². The minimum absolute atomic E-state index is 0.174. The van der Waals surface area contributed by atoms with Gasteiger partial charge in [0.1, 0.15) is 0 Å². The molecular weight excluding hydrogens is 277 g/mol. The van der Waals surface area contributed by atoms with Crippen LogP contribution in [0.4, 0.5) is 0 Å². The Morgan fingerprint density at radius 2 is 1.79 bits per heavy atom. The van der Waals surface area contributed by atoms with Gasteiger partial charge in [-0.1, -0.05) is 40.9 Å². The first kappa shape index (κ1) is 16.6. The Balaban J connectivity index is 2.53. The Hall–Kier alpha value is -0.500. The van der Waals surface area contributed by atoms with E-state index in [2.05, 4.69) is 39.1 Å². The summed E-state index contributed by atoms with van der Waals surface area (Å²) in [5, 5.41) is 4.95. The zero-order valence-electron chi connectivity index (χ0n) is 12.2. The molecule has 0 saturated carbocycles. The maximum Gasteiger partial charge on any atom is 0.0456 e. The molecule has 1 N–H and O–H groups in total. The van der Waals surface area contributed by atoms with Crippen LogP contribution in [0.1, 0.15) is 39.7 Å². The maximum atomic E-state index is 6.17. The second-order valence-electron chi connectivity index (χ2n) is 5.89. The first-order chi connectivity index (χ1) is 8.79. The van der Waals surface area contributed by atoms with Crippen molar-refractivity contribution in [3.8, 4) is 0 Å². The highest BCUT2D eigenvalue weighted by Gasteiger charge is 2.07. The van der Waals surface area contributed by atoms with Crippen LogP contribution < -0.4 is 5.32 Å². The number of halogens is 2. The van der Waals surface area contributed by atoms with Gasteiger partial charge in [-0.3, -0.25) is 0 Å². The summed E-state index contributed by atoms with van der Waals surface area (Å²) in [4.78, 5) is 0. The molecule has 0 aliphatic carbocycles. The summed E-state index contributed by atoms with van der Waals surface area (Å²) in [6.07, 6.45) is 4.08. The maximum absolute atomic E-state index is 6.17. The molecule has 0 amide bonds. The third-order valence-corrected chi connectivity index (χ3v) is 3.52. The van der Waals surface area contributed by atoms with Crippen LogP contribution in [-0.4, -0.2) is 12.1 Å². The molecule has 1 aromatic rings. The quantitative estimate of drug-likeness (QED) is 0.577. The Morgan fingerprint density at radius 1 is 1.21 bits per heavy atom. The molecule has 0 fully saturated rings. The topological polar surface area (TPSA) is 12.0 Å². The zero-order chi connectivity index (χ0) is 14.5. The molecule has 3 heteroatoms. The number of rotatable bonds is 5. The molecule has 0 radical (unpaired) electrons. The summed E-state index contributed by atoms with van der Waals surface area (Å²) >= 11 is 12.3. The van der Waals surface area contributed by atoms with E-state index < -0.39 is 0 Å². The Morgan fingerprint density at radius 3 is 2.32 bits per heavy atom. The van der Waals surface area contributed by atoms with E-state index >= 15 is 0 Å². The van der Waals surface area contributed by atoms with Crippen LogP contribution in [0.25, 0.3) is 0 Å². The highest BCUT2D eigenvalue weighted by Crippen LogP contribution is 2.26. The molecule has 0 bridgehead atoms. The summed E-state index contributed by atoms with van der Waals surface area (Å²) in [5.41, 5.74) is 2.49. The normalized spacial score (nSPS) is 12.8. The van der Waals surface area contributed by atoms with Gasteiger partial charge in [0.15, 0.2) is 0 Å². The molecule has 0 aliphatic rings. The van der Waals surface area contributed by atoms with Crippen molar-refractivity contribution >= 4 is 23.2 Å². The monoisotopic (exact) mass is 299 g/mol. The van der Waals surface area contributed by atoms with E-state index in [1.807, 2.05) is 18.2 Å². The number of hydrogen-bond donors (Lipinski definition) is 1. The molecule has 0 heterocycles. The van der Waals surface area contributed by atoms with Crippen LogP contribution in [0.3, 0.4) is 0 Å². The van der Waals surface area contributed by atoms with Crippen molar-refractivity contribution in [1.82, 2.24) is 5.32 Å². The Labute approximate surface area is 127 Å². The lowest BCUT2D eigenvalue weighted by Gasteiger charge is -2.19. The van der Waals surface area contributed by atoms with Crippen LogP contribution in [0.2, 0.25) is 10.0 Å². The van der Waals surface area contributed by atoms with Crippen molar-refractivity contribution in [3.05, 3.63) is 45.5 Å². The number of allylic oxidation sites excluding steroid dienone is 1. The van der Waals surface area contributed by atoms with Crippen LogP contribution in [-0.2, 0) is 6.42 Å². The van der Waals surface area contributed by atoms with Crippen LogP contribution in [0, 0.1) is 0 Å².